The molecule has 0 aliphatic heterocycles. The Kier molecular flexibility index (Phi) is 5.97. The molecule has 2 aromatic heterocycles. The molecule has 0 aliphatic carbocycles. The molecule has 2 heterocycles. The van der Waals surface area contributed by atoms with Crippen molar-refractivity contribution in [2.45, 2.75) is 6.54 Å². The van der Waals surface area contributed by atoms with Crippen LogP contribution in [0, 0.1) is 20.2 Å². The van der Waals surface area contributed by atoms with Gasteiger partial charge < -0.3 is 4.57 Å². The lowest BCUT2D eigenvalue weighted by Crippen LogP contribution is -2.16. The monoisotopic (exact) mass is 499 g/mol. The third-order valence-corrected chi connectivity index (χ3v) is 6.71. The van der Waals surface area contributed by atoms with Crippen LogP contribution in [-0.4, -0.2) is 26.5 Å². The maximum absolute atomic E-state index is 12.6. The first-order valence-corrected chi connectivity index (χ1v) is 11.5. The normalized spacial score (nSPS) is 11.3. The van der Waals surface area contributed by atoms with Crippen molar-refractivity contribution in [2.24, 2.45) is 5.10 Å². The number of amides is 1. The molecule has 5 rings (SSSR count). The van der Waals surface area contributed by atoms with Crippen LogP contribution in [0.1, 0.15) is 20.8 Å². The lowest BCUT2D eigenvalue weighted by Gasteiger charge is -2.05. The second kappa shape index (κ2) is 9.39. The number of thiophene rings is 1. The lowest BCUT2D eigenvalue weighted by atomic mass is 10.2. The van der Waals surface area contributed by atoms with Gasteiger partial charge in [-0.05, 0) is 23.8 Å². The van der Waals surface area contributed by atoms with Crippen molar-refractivity contribution in [1.82, 2.24) is 9.99 Å². The second-order valence-corrected chi connectivity index (χ2v) is 9.03. The van der Waals surface area contributed by atoms with E-state index in [1.54, 1.807) is 30.5 Å². The Morgan fingerprint density at radius 3 is 2.56 bits per heavy atom. The molecule has 178 valence electrons. The highest BCUT2D eigenvalue weighted by Gasteiger charge is 2.14. The van der Waals surface area contributed by atoms with Crippen LogP contribution in [0.5, 0.6) is 0 Å². The van der Waals surface area contributed by atoms with Gasteiger partial charge in [-0.3, -0.25) is 25.0 Å². The van der Waals surface area contributed by atoms with E-state index < -0.39 is 15.8 Å². The molecule has 0 aliphatic rings. The maximum atomic E-state index is 12.6. The number of carbonyl (C=O) groups is 1. The smallest absolute Gasteiger partial charge is 0.281 e. The molecule has 10 nitrogen and oxygen atoms in total. The van der Waals surface area contributed by atoms with E-state index in [1.807, 2.05) is 41.1 Å². The Labute approximate surface area is 207 Å². The lowest BCUT2D eigenvalue weighted by molar-refractivity contribution is -0.385. The molecule has 1 N–H and O–H groups in total. The predicted molar refractivity (Wildman–Crippen MR) is 138 cm³/mol. The number of aromatic nitrogens is 1. The molecular formula is C25H17N5O5S. The molecule has 0 radical (unpaired) electrons. The van der Waals surface area contributed by atoms with E-state index in [4.69, 9.17) is 0 Å². The molecule has 1 amide bonds. The summed E-state index contributed by atoms with van der Waals surface area (Å²) < 4.78 is 2.73. The number of nitro groups is 2. The molecule has 11 heteroatoms. The van der Waals surface area contributed by atoms with E-state index in [2.05, 4.69) is 10.5 Å². The summed E-state index contributed by atoms with van der Waals surface area (Å²) in [6.07, 6.45) is 3.42. The number of nitrogens with one attached hydrogen (secondary N) is 1. The predicted octanol–water partition coefficient (Wildman–Crippen LogP) is 5.48. The van der Waals surface area contributed by atoms with E-state index in [0.717, 1.165) is 26.7 Å². The number of hydrazone groups is 1. The molecule has 0 atom stereocenters. The molecule has 0 saturated heterocycles. The molecule has 0 spiro atoms. The van der Waals surface area contributed by atoms with Gasteiger partial charge in [-0.15, -0.1) is 11.3 Å². The number of hydrogen-bond acceptors (Lipinski definition) is 7. The standard InChI is InChI=1S/C25H17N5O5S/c31-25(24-12-17-11-20(30(34)35)8-9-23(17)36-24)27-26-13-18-15-28(22-7-2-1-6-21(18)22)14-16-4-3-5-19(10-16)29(32)33/h1-13,15H,14H2,(H,27,31)/b26-13-. The average Bonchev–Trinajstić information content (AvgIpc) is 3.45. The summed E-state index contributed by atoms with van der Waals surface area (Å²) in [7, 11) is 0. The van der Waals surface area contributed by atoms with Crippen LogP contribution in [0.4, 0.5) is 11.4 Å². The summed E-state index contributed by atoms with van der Waals surface area (Å²) in [5, 5.41) is 27.7. The highest BCUT2D eigenvalue weighted by atomic mass is 32.1. The minimum atomic E-state index is -0.476. The molecule has 0 fully saturated rings. The fourth-order valence-electron chi connectivity index (χ4n) is 3.95. The number of rotatable bonds is 7. The molecule has 0 bridgehead atoms. The number of para-hydroxylation sites is 1. The Hall–Kier alpha value is -4.90. The van der Waals surface area contributed by atoms with Gasteiger partial charge in [-0.1, -0.05) is 30.3 Å². The summed E-state index contributed by atoms with van der Waals surface area (Å²) in [5.74, 6) is -0.421. The van der Waals surface area contributed by atoms with E-state index in [1.165, 1.54) is 29.5 Å². The van der Waals surface area contributed by atoms with Gasteiger partial charge in [0, 0.05) is 63.6 Å². The average molecular weight is 500 g/mol. The SMILES string of the molecule is O=C(N/N=C\c1cn(Cc2cccc([N+](=O)[O-])c2)c2ccccc12)c1cc2cc([N+](=O)[O-])ccc2s1. The van der Waals surface area contributed by atoms with E-state index in [9.17, 15) is 25.0 Å². The van der Waals surface area contributed by atoms with Crippen molar-refractivity contribution in [2.75, 3.05) is 0 Å². The van der Waals surface area contributed by atoms with Crippen molar-refractivity contribution in [3.8, 4) is 0 Å². The molecule has 36 heavy (non-hydrogen) atoms. The second-order valence-electron chi connectivity index (χ2n) is 7.95. The van der Waals surface area contributed by atoms with Gasteiger partial charge in [0.2, 0.25) is 0 Å². The van der Waals surface area contributed by atoms with E-state index in [0.29, 0.717) is 16.8 Å². The van der Waals surface area contributed by atoms with E-state index >= 15 is 0 Å². The van der Waals surface area contributed by atoms with Gasteiger partial charge in [-0.2, -0.15) is 5.10 Å². The van der Waals surface area contributed by atoms with Gasteiger partial charge in [0.1, 0.15) is 0 Å². The summed E-state index contributed by atoms with van der Waals surface area (Å²) in [6, 6.07) is 20.2. The molecule has 0 saturated carbocycles. The fourth-order valence-corrected chi connectivity index (χ4v) is 4.88. The Balaban J connectivity index is 1.36. The minimum absolute atomic E-state index is 0.0318. The van der Waals surface area contributed by atoms with Gasteiger partial charge in [0.15, 0.2) is 0 Å². The van der Waals surface area contributed by atoms with Crippen LogP contribution in [0.2, 0.25) is 0 Å². The Bertz CT molecular complexity index is 1690. The van der Waals surface area contributed by atoms with Gasteiger partial charge in [0.25, 0.3) is 17.3 Å². The van der Waals surface area contributed by atoms with Crippen molar-refractivity contribution in [3.05, 3.63) is 115 Å². The van der Waals surface area contributed by atoms with Crippen molar-refractivity contribution in [1.29, 1.82) is 0 Å². The number of benzene rings is 3. The highest BCUT2D eigenvalue weighted by molar-refractivity contribution is 7.20. The van der Waals surface area contributed by atoms with Crippen molar-refractivity contribution in [3.63, 3.8) is 0 Å². The molecule has 5 aromatic rings. The maximum Gasteiger partial charge on any atom is 0.281 e. The topological polar surface area (TPSA) is 133 Å². The summed E-state index contributed by atoms with van der Waals surface area (Å²) in [5.41, 5.74) is 4.98. The number of nitro benzene ring substituents is 2. The zero-order valence-corrected chi connectivity index (χ0v) is 19.3. The first-order chi connectivity index (χ1) is 17.4. The van der Waals surface area contributed by atoms with Crippen LogP contribution in [0.25, 0.3) is 21.0 Å². The van der Waals surface area contributed by atoms with Crippen LogP contribution in [0.3, 0.4) is 0 Å². The Morgan fingerprint density at radius 1 is 0.972 bits per heavy atom. The van der Waals surface area contributed by atoms with Gasteiger partial charge >= 0.3 is 0 Å². The third kappa shape index (κ3) is 4.55. The number of non-ortho nitro benzene ring substituents is 2. The number of fused-ring (bicyclic) bond motifs is 2. The summed E-state index contributed by atoms with van der Waals surface area (Å²) in [6.45, 7) is 0.427. The zero-order chi connectivity index (χ0) is 25.2. The van der Waals surface area contributed by atoms with Crippen molar-refractivity contribution < 1.29 is 14.6 Å². The number of hydrogen-bond donors (Lipinski definition) is 1. The molecule has 3 aromatic carbocycles. The van der Waals surface area contributed by atoms with Crippen LogP contribution in [0.15, 0.2) is 84.1 Å². The Morgan fingerprint density at radius 2 is 1.75 bits per heavy atom. The highest BCUT2D eigenvalue weighted by Crippen LogP contribution is 2.29. The number of carbonyl (C=O) groups excluding carboxylic acids is 1. The zero-order valence-electron chi connectivity index (χ0n) is 18.5. The summed E-state index contributed by atoms with van der Waals surface area (Å²) in [4.78, 5) is 34.2. The van der Waals surface area contributed by atoms with Crippen molar-refractivity contribution >= 4 is 55.8 Å². The largest absolute Gasteiger partial charge is 0.342 e. The minimum Gasteiger partial charge on any atom is -0.342 e. The van der Waals surface area contributed by atoms with Crippen LogP contribution >= 0.6 is 11.3 Å². The molecule has 0 unspecified atom stereocenters. The molecular weight excluding hydrogens is 482 g/mol. The first kappa shape index (κ1) is 22.9. The number of nitrogens with zero attached hydrogens (tertiary/aromatic N) is 4. The third-order valence-electron chi connectivity index (χ3n) is 5.60. The van der Waals surface area contributed by atoms with Crippen LogP contribution < -0.4 is 5.43 Å². The first-order valence-electron chi connectivity index (χ1n) is 10.7. The summed E-state index contributed by atoms with van der Waals surface area (Å²) >= 11 is 1.22. The quantitative estimate of drug-likeness (QED) is 0.180. The van der Waals surface area contributed by atoms with E-state index in [-0.39, 0.29) is 11.4 Å². The van der Waals surface area contributed by atoms with Gasteiger partial charge in [0.05, 0.1) is 20.9 Å². The fraction of sp³-hybridized carbons (Fsp3) is 0.0400. The van der Waals surface area contributed by atoms with Gasteiger partial charge in [-0.25, -0.2) is 5.43 Å². The van der Waals surface area contributed by atoms with Crippen LogP contribution in [-0.2, 0) is 6.54 Å².